The van der Waals surface area contributed by atoms with Crippen molar-refractivity contribution >= 4 is 38.2 Å². The molecule has 0 radical (unpaired) electrons. The Balaban J connectivity index is 1.35. The zero-order chi connectivity index (χ0) is 28.3. The first-order valence-electron chi connectivity index (χ1n) is 13.4. The van der Waals surface area contributed by atoms with Crippen LogP contribution >= 0.6 is 0 Å². The molecule has 9 heteroatoms. The maximum Gasteiger partial charge on any atom is 0.319 e. The van der Waals surface area contributed by atoms with E-state index in [1.807, 2.05) is 36.0 Å². The molecule has 0 saturated heterocycles. The lowest BCUT2D eigenvalue weighted by Crippen LogP contribution is -2.36. The van der Waals surface area contributed by atoms with Gasteiger partial charge >= 0.3 is 6.03 Å². The predicted octanol–water partition coefficient (Wildman–Crippen LogP) is 5.50. The molecule has 1 aliphatic carbocycles. The second kappa shape index (κ2) is 11.6. The van der Waals surface area contributed by atoms with Gasteiger partial charge in [0, 0.05) is 47.9 Å². The van der Waals surface area contributed by atoms with Crippen LogP contribution in [0.25, 0.3) is 10.9 Å². The first-order valence-corrected chi connectivity index (χ1v) is 15.0. The minimum atomic E-state index is -3.75. The van der Waals surface area contributed by atoms with E-state index in [1.165, 1.54) is 19.2 Å². The van der Waals surface area contributed by atoms with E-state index in [4.69, 9.17) is 4.74 Å². The van der Waals surface area contributed by atoms with E-state index in [1.54, 1.807) is 36.4 Å². The molecule has 2 N–H and O–H groups in total. The van der Waals surface area contributed by atoms with Crippen LogP contribution in [0, 0.1) is 0 Å². The Morgan fingerprint density at radius 2 is 1.73 bits per heavy atom. The molecule has 4 aromatic rings. The number of amides is 2. The molecule has 0 unspecified atom stereocenters. The Bertz CT molecular complexity index is 1660. The van der Waals surface area contributed by atoms with E-state index in [2.05, 4.69) is 10.6 Å². The topological polar surface area (TPSA) is 106 Å². The van der Waals surface area contributed by atoms with Gasteiger partial charge in [0.05, 0.1) is 12.0 Å². The van der Waals surface area contributed by atoms with Crippen LogP contribution < -0.4 is 15.4 Å². The SMILES string of the molecule is COc1cc(C(=O)CS(=O)(=O)c2ccccc2)ccc1Cc1cn(C)c2ccc(NC(=O)NC3CCCC3)cc12. The van der Waals surface area contributed by atoms with E-state index < -0.39 is 21.4 Å². The molecule has 8 nitrogen and oxygen atoms in total. The number of aryl methyl sites for hydroxylation is 1. The highest BCUT2D eigenvalue weighted by atomic mass is 32.2. The van der Waals surface area contributed by atoms with Gasteiger partial charge in [-0.05, 0) is 60.4 Å². The summed E-state index contributed by atoms with van der Waals surface area (Å²) in [4.78, 5) is 25.5. The van der Waals surface area contributed by atoms with Gasteiger partial charge in [-0.2, -0.15) is 0 Å². The summed E-state index contributed by atoms with van der Waals surface area (Å²) in [6, 6.07) is 18.9. The van der Waals surface area contributed by atoms with Gasteiger partial charge in [0.1, 0.15) is 11.5 Å². The lowest BCUT2D eigenvalue weighted by molar-refractivity contribution is 0.102. The van der Waals surface area contributed by atoms with Crippen molar-refractivity contribution in [2.75, 3.05) is 18.2 Å². The average molecular weight is 560 g/mol. The second-order valence-electron chi connectivity index (χ2n) is 10.3. The van der Waals surface area contributed by atoms with Gasteiger partial charge < -0.3 is 19.9 Å². The van der Waals surface area contributed by atoms with Crippen molar-refractivity contribution in [2.24, 2.45) is 7.05 Å². The number of fused-ring (bicyclic) bond motifs is 1. The summed E-state index contributed by atoms with van der Waals surface area (Å²) in [5, 5.41) is 7.01. The largest absolute Gasteiger partial charge is 0.496 e. The van der Waals surface area contributed by atoms with Crippen LogP contribution in [0.3, 0.4) is 0 Å². The van der Waals surface area contributed by atoms with Gasteiger partial charge in [-0.15, -0.1) is 0 Å². The van der Waals surface area contributed by atoms with Gasteiger partial charge in [0.25, 0.3) is 0 Å². The van der Waals surface area contributed by atoms with Crippen LogP contribution in [-0.2, 0) is 23.3 Å². The van der Waals surface area contributed by atoms with Crippen LogP contribution in [0.15, 0.2) is 77.8 Å². The van der Waals surface area contributed by atoms with Gasteiger partial charge in [-0.1, -0.05) is 43.2 Å². The third-order valence-electron chi connectivity index (χ3n) is 7.43. The Hall–Kier alpha value is -4.11. The number of methoxy groups -OCH3 is 1. The predicted molar refractivity (Wildman–Crippen MR) is 156 cm³/mol. The number of carbonyl (C=O) groups is 2. The number of ketones is 1. The van der Waals surface area contributed by atoms with Crippen LogP contribution in [0.5, 0.6) is 5.75 Å². The van der Waals surface area contributed by atoms with Crippen LogP contribution in [-0.4, -0.2) is 43.7 Å². The molecule has 5 rings (SSSR count). The molecule has 1 aromatic heterocycles. The minimum absolute atomic E-state index is 0.118. The zero-order valence-electron chi connectivity index (χ0n) is 22.6. The van der Waals surface area contributed by atoms with E-state index in [-0.39, 0.29) is 22.5 Å². The molecular weight excluding hydrogens is 526 g/mol. The monoisotopic (exact) mass is 559 g/mol. The average Bonchev–Trinajstić information content (AvgIpc) is 3.56. The van der Waals surface area contributed by atoms with E-state index in [0.29, 0.717) is 17.9 Å². The number of urea groups is 1. The fraction of sp³-hybridized carbons (Fsp3) is 0.290. The summed E-state index contributed by atoms with van der Waals surface area (Å²) in [5.74, 6) is -0.608. The number of benzene rings is 3. The number of aromatic nitrogens is 1. The van der Waals surface area contributed by atoms with Crippen molar-refractivity contribution in [2.45, 2.75) is 43.0 Å². The second-order valence-corrected chi connectivity index (χ2v) is 12.3. The van der Waals surface area contributed by atoms with Crippen molar-refractivity contribution in [3.63, 3.8) is 0 Å². The maximum absolute atomic E-state index is 12.9. The highest BCUT2D eigenvalue weighted by molar-refractivity contribution is 7.92. The Labute approximate surface area is 234 Å². The Morgan fingerprint density at radius 3 is 2.45 bits per heavy atom. The van der Waals surface area contributed by atoms with Gasteiger partial charge in [-0.25, -0.2) is 13.2 Å². The number of ether oxygens (including phenoxy) is 1. The summed E-state index contributed by atoms with van der Waals surface area (Å²) in [6.45, 7) is 0. The lowest BCUT2D eigenvalue weighted by atomic mass is 10.0. The van der Waals surface area contributed by atoms with Gasteiger partial charge in [-0.3, -0.25) is 4.79 Å². The molecule has 0 spiro atoms. The number of rotatable bonds is 9. The number of Topliss-reactive ketones (excluding diaryl/α,β-unsaturated/α-hetero) is 1. The van der Waals surface area contributed by atoms with Crippen molar-refractivity contribution in [3.05, 3.63) is 89.6 Å². The highest BCUT2D eigenvalue weighted by Gasteiger charge is 2.22. The molecule has 2 amide bonds. The first-order chi connectivity index (χ1) is 19.2. The molecule has 0 bridgehead atoms. The van der Waals surface area contributed by atoms with Crippen molar-refractivity contribution < 1.29 is 22.7 Å². The van der Waals surface area contributed by atoms with E-state index >= 15 is 0 Å². The normalized spacial score (nSPS) is 13.8. The minimum Gasteiger partial charge on any atom is -0.496 e. The van der Waals surface area contributed by atoms with Crippen LogP contribution in [0.2, 0.25) is 0 Å². The highest BCUT2D eigenvalue weighted by Crippen LogP contribution is 2.30. The maximum atomic E-state index is 12.9. The zero-order valence-corrected chi connectivity index (χ0v) is 23.5. The summed E-state index contributed by atoms with van der Waals surface area (Å²) < 4.78 is 33.0. The van der Waals surface area contributed by atoms with E-state index in [9.17, 15) is 18.0 Å². The molecule has 1 saturated carbocycles. The third-order valence-corrected chi connectivity index (χ3v) is 9.07. The smallest absolute Gasteiger partial charge is 0.319 e. The van der Waals surface area contributed by atoms with Crippen molar-refractivity contribution in [1.82, 2.24) is 9.88 Å². The lowest BCUT2D eigenvalue weighted by Gasteiger charge is -2.13. The Kier molecular flexibility index (Phi) is 7.93. The summed E-state index contributed by atoms with van der Waals surface area (Å²) in [7, 11) is -0.255. The number of sulfone groups is 1. The fourth-order valence-corrected chi connectivity index (χ4v) is 6.60. The van der Waals surface area contributed by atoms with Crippen LogP contribution in [0.1, 0.15) is 47.2 Å². The molecule has 1 aliphatic rings. The summed E-state index contributed by atoms with van der Waals surface area (Å²) in [6.07, 6.45) is 6.90. The first kappa shape index (κ1) is 27.5. The molecule has 0 atom stereocenters. The van der Waals surface area contributed by atoms with E-state index in [0.717, 1.165) is 47.7 Å². The molecule has 208 valence electrons. The van der Waals surface area contributed by atoms with Crippen molar-refractivity contribution in [1.29, 1.82) is 0 Å². The quantitative estimate of drug-likeness (QED) is 0.264. The number of hydrogen-bond acceptors (Lipinski definition) is 5. The van der Waals surface area contributed by atoms with Crippen molar-refractivity contribution in [3.8, 4) is 5.75 Å². The summed E-state index contributed by atoms with van der Waals surface area (Å²) >= 11 is 0. The number of anilines is 1. The molecule has 0 aliphatic heterocycles. The molecule has 40 heavy (non-hydrogen) atoms. The third kappa shape index (κ3) is 6.04. The molecule has 3 aromatic carbocycles. The standard InChI is InChI=1S/C31H33N3O5S/c1-34-19-23(27-18-25(14-15-28(27)34)33-31(36)32-24-8-6-7-9-24)16-22-13-12-21(17-30(22)39-2)29(35)20-40(37,38)26-10-4-3-5-11-26/h3-5,10-15,17-19,24H,6-9,16,20H2,1-2H3,(H2,32,33,36). The number of nitrogens with one attached hydrogen (secondary N) is 2. The van der Waals surface area contributed by atoms with Gasteiger partial charge in [0.15, 0.2) is 15.6 Å². The number of carbonyl (C=O) groups excluding carboxylic acids is 2. The summed E-state index contributed by atoms with van der Waals surface area (Å²) in [5.41, 5.74) is 3.89. The fourth-order valence-electron chi connectivity index (χ4n) is 5.35. The molecule has 1 heterocycles. The van der Waals surface area contributed by atoms with Crippen LogP contribution in [0.4, 0.5) is 10.5 Å². The molecular formula is C31H33N3O5S. The molecule has 1 fully saturated rings. The Morgan fingerprint density at radius 1 is 0.975 bits per heavy atom. The van der Waals surface area contributed by atoms with Gasteiger partial charge in [0.2, 0.25) is 0 Å². The number of hydrogen-bond donors (Lipinski definition) is 2. The number of nitrogens with zero attached hydrogens (tertiary/aromatic N) is 1.